The Hall–Kier alpha value is -2.45. The Labute approximate surface area is 160 Å². The Kier molecular flexibility index (Phi) is 5.53. The lowest BCUT2D eigenvalue weighted by Crippen LogP contribution is -2.12. The number of benzene rings is 2. The van der Waals surface area contributed by atoms with Gasteiger partial charge in [-0.25, -0.2) is 8.42 Å². The van der Waals surface area contributed by atoms with Gasteiger partial charge in [-0.2, -0.15) is 0 Å². The molecule has 134 valence electrons. The predicted octanol–water partition coefficient (Wildman–Crippen LogP) is 4.11. The molecule has 0 aliphatic carbocycles. The molecule has 0 unspecified atom stereocenters. The van der Waals surface area contributed by atoms with Gasteiger partial charge in [-0.3, -0.25) is 4.72 Å². The third kappa shape index (κ3) is 4.39. The van der Waals surface area contributed by atoms with Gasteiger partial charge in [-0.1, -0.05) is 28.1 Å². The molecular weight excluding hydrogens is 418 g/mol. The van der Waals surface area contributed by atoms with Crippen LogP contribution in [0.4, 0.5) is 5.69 Å². The molecule has 1 N–H and O–H groups in total. The van der Waals surface area contributed by atoms with Gasteiger partial charge >= 0.3 is 0 Å². The third-order valence-corrected chi connectivity index (χ3v) is 5.41. The molecule has 0 aliphatic rings. The second-order valence-electron chi connectivity index (χ2n) is 5.33. The topological polar surface area (TPSA) is 81.2 Å². The zero-order chi connectivity index (χ0) is 18.6. The first-order chi connectivity index (χ1) is 12.5. The number of hydrogen-bond acceptors (Lipinski definition) is 5. The zero-order valence-corrected chi connectivity index (χ0v) is 16.3. The fourth-order valence-electron chi connectivity index (χ4n) is 2.24. The second kappa shape index (κ2) is 7.84. The van der Waals surface area contributed by atoms with Crippen LogP contribution < -0.4 is 9.46 Å². The molecule has 26 heavy (non-hydrogen) atoms. The van der Waals surface area contributed by atoms with Gasteiger partial charge in [0.25, 0.3) is 10.0 Å². The molecule has 0 spiro atoms. The normalized spacial score (nSPS) is 11.2. The first-order valence-corrected chi connectivity index (χ1v) is 10.1. The van der Waals surface area contributed by atoms with Gasteiger partial charge in [0.05, 0.1) is 17.2 Å². The summed E-state index contributed by atoms with van der Waals surface area (Å²) in [4.78, 5) is 0.196. The summed E-state index contributed by atoms with van der Waals surface area (Å²) >= 11 is 3.29. The Morgan fingerprint density at radius 1 is 0.962 bits per heavy atom. The number of rotatable bonds is 6. The number of sulfonamides is 1. The minimum Gasteiger partial charge on any atom is -0.477 e. The molecule has 0 atom stereocenters. The highest BCUT2D eigenvalue weighted by Crippen LogP contribution is 2.22. The Morgan fingerprint density at radius 3 is 2.23 bits per heavy atom. The molecule has 6 nitrogen and oxygen atoms in total. The maximum Gasteiger partial charge on any atom is 0.261 e. The summed E-state index contributed by atoms with van der Waals surface area (Å²) in [6.07, 6.45) is 0. The van der Waals surface area contributed by atoms with Crippen LogP contribution in [0.3, 0.4) is 0 Å². The Bertz CT molecular complexity index is 974. The summed E-state index contributed by atoms with van der Waals surface area (Å²) in [6.45, 7) is 2.41. The number of nitrogens with one attached hydrogen (secondary N) is 1. The molecule has 1 aromatic heterocycles. The molecule has 8 heteroatoms. The molecule has 2 aromatic carbocycles. The summed E-state index contributed by atoms with van der Waals surface area (Å²) in [5.74, 6) is 0.468. The monoisotopic (exact) mass is 433 g/mol. The van der Waals surface area contributed by atoms with Crippen molar-refractivity contribution in [2.24, 2.45) is 0 Å². The lowest BCUT2D eigenvalue weighted by Gasteiger charge is -2.09. The average molecular weight is 434 g/mol. The van der Waals surface area contributed by atoms with Gasteiger partial charge in [-0.05, 0) is 49.4 Å². The van der Waals surface area contributed by atoms with Crippen molar-refractivity contribution in [3.8, 4) is 17.1 Å². The van der Waals surface area contributed by atoms with Gasteiger partial charge in [0.1, 0.15) is 0 Å². The van der Waals surface area contributed by atoms with Crippen molar-refractivity contribution in [1.29, 1.82) is 0 Å². The van der Waals surface area contributed by atoms with E-state index in [0.717, 1.165) is 10.0 Å². The van der Waals surface area contributed by atoms with Crippen molar-refractivity contribution in [1.82, 2.24) is 10.2 Å². The molecule has 0 amide bonds. The molecule has 0 radical (unpaired) electrons. The van der Waals surface area contributed by atoms with Crippen LogP contribution in [0.1, 0.15) is 6.92 Å². The second-order valence-corrected chi connectivity index (χ2v) is 7.92. The van der Waals surface area contributed by atoms with E-state index >= 15 is 0 Å². The van der Waals surface area contributed by atoms with Crippen LogP contribution in [0.5, 0.6) is 5.88 Å². The van der Waals surface area contributed by atoms with E-state index in [1.807, 2.05) is 6.92 Å². The van der Waals surface area contributed by atoms with E-state index in [1.54, 1.807) is 48.5 Å². The van der Waals surface area contributed by atoms with E-state index < -0.39 is 10.0 Å². The average Bonchev–Trinajstić information content (AvgIpc) is 2.63. The summed E-state index contributed by atoms with van der Waals surface area (Å²) in [5, 5.41) is 8.10. The van der Waals surface area contributed by atoms with Crippen molar-refractivity contribution in [3.05, 3.63) is 65.1 Å². The SMILES string of the molecule is CCOc1ccc(-c2ccc(NS(=O)(=O)c3ccc(Br)cc3)cc2)nn1. The minimum atomic E-state index is -3.63. The number of hydrogen-bond donors (Lipinski definition) is 1. The highest BCUT2D eigenvalue weighted by molar-refractivity contribution is 9.10. The number of nitrogens with zero attached hydrogens (tertiary/aromatic N) is 2. The molecule has 3 rings (SSSR count). The molecular formula is C18H16BrN3O3S. The van der Waals surface area contributed by atoms with Crippen LogP contribution in [0.2, 0.25) is 0 Å². The fraction of sp³-hybridized carbons (Fsp3) is 0.111. The van der Waals surface area contributed by atoms with Crippen molar-refractivity contribution in [2.45, 2.75) is 11.8 Å². The maximum atomic E-state index is 12.4. The number of aromatic nitrogens is 2. The first-order valence-electron chi connectivity index (χ1n) is 7.83. The molecule has 0 aliphatic heterocycles. The predicted molar refractivity (Wildman–Crippen MR) is 104 cm³/mol. The quantitative estimate of drug-likeness (QED) is 0.632. The van der Waals surface area contributed by atoms with Crippen LogP contribution in [0, 0.1) is 0 Å². The standard InChI is InChI=1S/C18H16BrN3O3S/c1-2-25-18-12-11-17(20-21-18)13-3-7-15(8-4-13)22-26(23,24)16-9-5-14(19)6-10-16/h3-12,22H,2H2,1H3. The van der Waals surface area contributed by atoms with E-state index in [2.05, 4.69) is 30.8 Å². The van der Waals surface area contributed by atoms with Gasteiger partial charge in [0, 0.05) is 21.8 Å². The van der Waals surface area contributed by atoms with Gasteiger partial charge in [0.15, 0.2) is 0 Å². The van der Waals surface area contributed by atoms with Crippen LogP contribution in [0.15, 0.2) is 70.0 Å². The third-order valence-electron chi connectivity index (χ3n) is 3.49. The van der Waals surface area contributed by atoms with Crippen molar-refractivity contribution in [2.75, 3.05) is 11.3 Å². The summed E-state index contributed by atoms with van der Waals surface area (Å²) in [6, 6.07) is 16.9. The van der Waals surface area contributed by atoms with E-state index in [4.69, 9.17) is 4.74 Å². The van der Waals surface area contributed by atoms with Crippen molar-refractivity contribution < 1.29 is 13.2 Å². The summed E-state index contributed by atoms with van der Waals surface area (Å²) in [5.41, 5.74) is 1.97. The highest BCUT2D eigenvalue weighted by Gasteiger charge is 2.14. The lowest BCUT2D eigenvalue weighted by molar-refractivity contribution is 0.323. The smallest absolute Gasteiger partial charge is 0.261 e. The maximum absolute atomic E-state index is 12.4. The fourth-order valence-corrected chi connectivity index (χ4v) is 3.56. The first kappa shape index (κ1) is 18.3. The van der Waals surface area contributed by atoms with Gasteiger partial charge in [0.2, 0.25) is 5.88 Å². The van der Waals surface area contributed by atoms with Crippen LogP contribution >= 0.6 is 15.9 Å². The molecule has 0 fully saturated rings. The molecule has 0 bridgehead atoms. The van der Waals surface area contributed by atoms with Crippen molar-refractivity contribution >= 4 is 31.6 Å². The van der Waals surface area contributed by atoms with Gasteiger partial charge in [-0.15, -0.1) is 10.2 Å². The molecule has 3 aromatic rings. The van der Waals surface area contributed by atoms with Crippen LogP contribution in [-0.4, -0.2) is 25.2 Å². The lowest BCUT2D eigenvalue weighted by atomic mass is 10.1. The zero-order valence-electron chi connectivity index (χ0n) is 13.9. The van der Waals surface area contributed by atoms with Gasteiger partial charge < -0.3 is 4.74 Å². The summed E-state index contributed by atoms with van der Waals surface area (Å²) < 4.78 is 33.5. The van der Waals surface area contributed by atoms with E-state index in [9.17, 15) is 8.42 Å². The van der Waals surface area contributed by atoms with E-state index in [1.165, 1.54) is 12.1 Å². The molecule has 0 saturated carbocycles. The minimum absolute atomic E-state index is 0.196. The number of ether oxygens (including phenoxy) is 1. The summed E-state index contributed by atoms with van der Waals surface area (Å²) in [7, 11) is -3.63. The number of halogens is 1. The van der Waals surface area contributed by atoms with E-state index in [-0.39, 0.29) is 4.90 Å². The number of anilines is 1. The van der Waals surface area contributed by atoms with Crippen LogP contribution in [-0.2, 0) is 10.0 Å². The van der Waals surface area contributed by atoms with Crippen LogP contribution in [0.25, 0.3) is 11.3 Å². The highest BCUT2D eigenvalue weighted by atomic mass is 79.9. The molecule has 1 heterocycles. The largest absolute Gasteiger partial charge is 0.477 e. The Morgan fingerprint density at radius 2 is 1.65 bits per heavy atom. The molecule has 0 saturated heterocycles. The van der Waals surface area contributed by atoms with E-state index in [0.29, 0.717) is 23.9 Å². The Balaban J connectivity index is 1.76. The van der Waals surface area contributed by atoms with Crippen molar-refractivity contribution in [3.63, 3.8) is 0 Å².